The van der Waals surface area contributed by atoms with Crippen LogP contribution in [-0.2, 0) is 13.1 Å². The Morgan fingerprint density at radius 2 is 2.06 bits per heavy atom. The Kier molecular flexibility index (Phi) is 3.39. The van der Waals surface area contributed by atoms with Gasteiger partial charge in [0.2, 0.25) is 5.69 Å². The molecule has 1 aromatic heterocycles. The molecule has 16 heavy (non-hydrogen) atoms. The molecule has 0 bridgehead atoms. The number of rotatable bonds is 4. The lowest BCUT2D eigenvalue weighted by molar-refractivity contribution is 0.611. The van der Waals surface area contributed by atoms with Crippen LogP contribution in [0.4, 0.5) is 11.5 Å². The fourth-order valence-electron chi connectivity index (χ4n) is 1.37. The number of nitrogens with zero attached hydrogens (tertiary/aromatic N) is 3. The molecule has 7 heteroatoms. The lowest BCUT2D eigenvalue weighted by Gasteiger charge is -2.10. The summed E-state index contributed by atoms with van der Waals surface area (Å²) in [7, 11) is 0. The number of aromatic nitrogens is 2. The van der Waals surface area contributed by atoms with Crippen molar-refractivity contribution in [2.75, 3.05) is 5.73 Å². The lowest BCUT2D eigenvalue weighted by Crippen LogP contribution is -2.40. The van der Waals surface area contributed by atoms with Crippen molar-refractivity contribution in [3.05, 3.63) is 38.4 Å². The van der Waals surface area contributed by atoms with Crippen LogP contribution in [-0.4, -0.2) is 9.13 Å². The molecule has 0 aliphatic rings. The van der Waals surface area contributed by atoms with Crippen LogP contribution < -0.4 is 17.0 Å². The van der Waals surface area contributed by atoms with E-state index in [0.717, 1.165) is 9.13 Å². The average molecular weight is 224 g/mol. The first-order valence-electron chi connectivity index (χ1n) is 4.65. The van der Waals surface area contributed by atoms with Gasteiger partial charge in [0.1, 0.15) is 5.82 Å². The van der Waals surface area contributed by atoms with E-state index >= 15 is 0 Å². The van der Waals surface area contributed by atoms with E-state index in [1.54, 1.807) is 6.92 Å². The van der Waals surface area contributed by atoms with Crippen molar-refractivity contribution in [2.24, 2.45) is 5.18 Å². The number of anilines is 1. The molecular weight excluding hydrogens is 212 g/mol. The molecule has 7 nitrogen and oxygen atoms in total. The van der Waals surface area contributed by atoms with Gasteiger partial charge in [0.15, 0.2) is 0 Å². The molecule has 86 valence electrons. The van der Waals surface area contributed by atoms with Gasteiger partial charge in [-0.05, 0) is 12.1 Å². The largest absolute Gasteiger partial charge is 0.383 e. The SMILES string of the molecule is C=CCn1c(N)c(N=O)c(=O)n(CC)c1=O. The van der Waals surface area contributed by atoms with Gasteiger partial charge in [0.05, 0.1) is 0 Å². The summed E-state index contributed by atoms with van der Waals surface area (Å²) in [5.74, 6) is -0.227. The van der Waals surface area contributed by atoms with Gasteiger partial charge in [-0.25, -0.2) is 4.79 Å². The van der Waals surface area contributed by atoms with Crippen molar-refractivity contribution >= 4 is 11.5 Å². The Balaban J connectivity index is 3.76. The second-order valence-electron chi connectivity index (χ2n) is 3.06. The minimum absolute atomic E-state index is 0.119. The number of nitrogen functional groups attached to an aromatic ring is 1. The van der Waals surface area contributed by atoms with E-state index in [0.29, 0.717) is 0 Å². The highest BCUT2D eigenvalue weighted by Gasteiger charge is 2.15. The quantitative estimate of drug-likeness (QED) is 0.583. The molecule has 0 amide bonds. The van der Waals surface area contributed by atoms with Crippen LogP contribution in [0.25, 0.3) is 0 Å². The molecule has 0 aliphatic heterocycles. The monoisotopic (exact) mass is 224 g/mol. The minimum atomic E-state index is -0.764. The summed E-state index contributed by atoms with van der Waals surface area (Å²) >= 11 is 0. The molecule has 1 heterocycles. The molecule has 0 saturated carbocycles. The highest BCUT2D eigenvalue weighted by molar-refractivity contribution is 5.55. The molecule has 0 fully saturated rings. The van der Waals surface area contributed by atoms with Crippen LogP contribution >= 0.6 is 0 Å². The molecule has 0 radical (unpaired) electrons. The first kappa shape index (κ1) is 11.9. The molecule has 0 atom stereocenters. The van der Waals surface area contributed by atoms with Crippen LogP contribution in [0.3, 0.4) is 0 Å². The van der Waals surface area contributed by atoms with E-state index in [1.807, 2.05) is 0 Å². The highest BCUT2D eigenvalue weighted by atomic mass is 16.3. The molecule has 1 aromatic rings. The van der Waals surface area contributed by atoms with E-state index in [9.17, 15) is 14.5 Å². The number of nitrogens with two attached hydrogens (primary N) is 1. The van der Waals surface area contributed by atoms with Crippen LogP contribution in [0.5, 0.6) is 0 Å². The molecule has 0 aromatic carbocycles. The fourth-order valence-corrected chi connectivity index (χ4v) is 1.37. The molecule has 0 saturated heterocycles. The number of hydrogen-bond acceptors (Lipinski definition) is 5. The van der Waals surface area contributed by atoms with Gasteiger partial charge in [0.25, 0.3) is 5.56 Å². The second kappa shape index (κ2) is 4.56. The first-order valence-corrected chi connectivity index (χ1v) is 4.65. The molecular formula is C9H12N4O3. The third kappa shape index (κ3) is 1.67. The highest BCUT2D eigenvalue weighted by Crippen LogP contribution is 2.13. The average Bonchev–Trinajstić information content (AvgIpc) is 2.26. The van der Waals surface area contributed by atoms with E-state index in [4.69, 9.17) is 5.73 Å². The Morgan fingerprint density at radius 3 is 2.50 bits per heavy atom. The fraction of sp³-hybridized carbons (Fsp3) is 0.333. The Bertz CT molecular complexity index is 541. The van der Waals surface area contributed by atoms with E-state index < -0.39 is 16.9 Å². The third-order valence-corrected chi connectivity index (χ3v) is 2.16. The van der Waals surface area contributed by atoms with Gasteiger partial charge < -0.3 is 5.73 Å². The zero-order valence-electron chi connectivity index (χ0n) is 8.84. The third-order valence-electron chi connectivity index (χ3n) is 2.16. The normalized spacial score (nSPS) is 10.1. The van der Waals surface area contributed by atoms with Crippen molar-refractivity contribution in [3.63, 3.8) is 0 Å². The van der Waals surface area contributed by atoms with Gasteiger partial charge in [-0.3, -0.25) is 13.9 Å². The van der Waals surface area contributed by atoms with Crippen LogP contribution in [0.1, 0.15) is 6.92 Å². The lowest BCUT2D eigenvalue weighted by atomic mass is 10.4. The molecule has 0 unspecified atom stereocenters. The first-order chi connectivity index (χ1) is 7.58. The molecule has 1 rings (SSSR count). The number of nitroso groups, excluding NO2 is 1. The predicted molar refractivity (Wildman–Crippen MR) is 60.7 cm³/mol. The Hall–Kier alpha value is -2.18. The maximum Gasteiger partial charge on any atom is 0.332 e. The van der Waals surface area contributed by atoms with Crippen LogP contribution in [0.15, 0.2) is 27.4 Å². The zero-order chi connectivity index (χ0) is 12.3. The molecule has 0 spiro atoms. The predicted octanol–water partition coefficient (Wildman–Crippen LogP) is 0.196. The van der Waals surface area contributed by atoms with E-state index in [-0.39, 0.29) is 18.9 Å². The van der Waals surface area contributed by atoms with Gasteiger partial charge in [-0.15, -0.1) is 11.5 Å². The topological polar surface area (TPSA) is 99.4 Å². The summed E-state index contributed by atoms with van der Waals surface area (Å²) in [5, 5.41) is 2.56. The summed E-state index contributed by atoms with van der Waals surface area (Å²) in [5.41, 5.74) is 3.74. The van der Waals surface area contributed by atoms with Crippen molar-refractivity contribution in [1.82, 2.24) is 9.13 Å². The summed E-state index contributed by atoms with van der Waals surface area (Å²) in [6.07, 6.45) is 1.44. The van der Waals surface area contributed by atoms with Gasteiger partial charge >= 0.3 is 5.69 Å². The smallest absolute Gasteiger partial charge is 0.332 e. The Labute approximate surface area is 90.8 Å². The van der Waals surface area contributed by atoms with Crippen LogP contribution in [0.2, 0.25) is 0 Å². The van der Waals surface area contributed by atoms with E-state index in [1.165, 1.54) is 6.08 Å². The van der Waals surface area contributed by atoms with Crippen LogP contribution in [0, 0.1) is 4.91 Å². The summed E-state index contributed by atoms with van der Waals surface area (Å²) in [6.45, 7) is 5.35. The number of hydrogen-bond donors (Lipinski definition) is 1. The summed E-state index contributed by atoms with van der Waals surface area (Å²) < 4.78 is 1.98. The summed E-state index contributed by atoms with van der Waals surface area (Å²) in [6, 6.07) is 0. The van der Waals surface area contributed by atoms with Crippen molar-refractivity contribution in [3.8, 4) is 0 Å². The van der Waals surface area contributed by atoms with Gasteiger partial charge in [-0.1, -0.05) is 6.08 Å². The van der Waals surface area contributed by atoms with Gasteiger partial charge in [0, 0.05) is 13.1 Å². The Morgan fingerprint density at radius 1 is 1.44 bits per heavy atom. The maximum absolute atomic E-state index is 11.8. The van der Waals surface area contributed by atoms with Crippen molar-refractivity contribution in [2.45, 2.75) is 20.0 Å². The van der Waals surface area contributed by atoms with Crippen molar-refractivity contribution in [1.29, 1.82) is 0 Å². The standard InChI is InChI=1S/C9H12N4O3/c1-3-5-13-7(10)6(11-16)8(14)12(4-2)9(13)15/h3H,1,4-5,10H2,2H3. The minimum Gasteiger partial charge on any atom is -0.383 e. The maximum atomic E-state index is 11.8. The van der Waals surface area contributed by atoms with Gasteiger partial charge in [-0.2, -0.15) is 0 Å². The second-order valence-corrected chi connectivity index (χ2v) is 3.06. The molecule has 0 aliphatic carbocycles. The summed E-state index contributed by atoms with van der Waals surface area (Å²) in [4.78, 5) is 33.8. The van der Waals surface area contributed by atoms with Crippen molar-refractivity contribution < 1.29 is 0 Å². The zero-order valence-corrected chi connectivity index (χ0v) is 8.84. The molecule has 2 N–H and O–H groups in total. The number of allylic oxidation sites excluding steroid dienone is 1. The van der Waals surface area contributed by atoms with E-state index in [2.05, 4.69) is 11.8 Å².